The number of ether oxygens (including phenoxy) is 1. The molecule has 1 fully saturated rings. The van der Waals surface area contributed by atoms with Crippen LogP contribution in [0.4, 0.5) is 0 Å². The summed E-state index contributed by atoms with van der Waals surface area (Å²) in [6.45, 7) is 3.50. The molecule has 0 saturated carbocycles. The van der Waals surface area contributed by atoms with E-state index in [1.807, 2.05) is 18.2 Å². The van der Waals surface area contributed by atoms with E-state index in [0.717, 1.165) is 19.3 Å². The van der Waals surface area contributed by atoms with Gasteiger partial charge in [-0.2, -0.15) is 0 Å². The highest BCUT2D eigenvalue weighted by atomic mass is 16.5. The Hall–Kier alpha value is -0.860. The van der Waals surface area contributed by atoms with Gasteiger partial charge < -0.3 is 9.84 Å². The van der Waals surface area contributed by atoms with Crippen LogP contribution in [0.2, 0.25) is 0 Å². The van der Waals surface area contributed by atoms with Crippen molar-refractivity contribution in [3.8, 4) is 0 Å². The van der Waals surface area contributed by atoms with E-state index in [2.05, 4.69) is 19.1 Å². The Labute approximate surface area is 97.3 Å². The summed E-state index contributed by atoms with van der Waals surface area (Å²) in [5, 5.41) is 10.7. The first-order valence-corrected chi connectivity index (χ1v) is 6.11. The van der Waals surface area contributed by atoms with Gasteiger partial charge >= 0.3 is 0 Å². The Kier molecular flexibility index (Phi) is 3.62. The summed E-state index contributed by atoms with van der Waals surface area (Å²) >= 11 is 0. The van der Waals surface area contributed by atoms with Gasteiger partial charge in [-0.1, -0.05) is 37.3 Å². The zero-order valence-electron chi connectivity index (χ0n) is 9.86. The Balaban J connectivity index is 2.21. The van der Waals surface area contributed by atoms with E-state index >= 15 is 0 Å². The second-order valence-electron chi connectivity index (χ2n) is 4.59. The van der Waals surface area contributed by atoms with Crippen molar-refractivity contribution in [2.75, 3.05) is 13.2 Å². The van der Waals surface area contributed by atoms with E-state index in [-0.39, 0.29) is 5.92 Å². The summed E-state index contributed by atoms with van der Waals surface area (Å²) in [5.74, 6) is 0.234. The van der Waals surface area contributed by atoms with Gasteiger partial charge in [-0.05, 0) is 12.0 Å². The molecule has 88 valence electrons. The summed E-state index contributed by atoms with van der Waals surface area (Å²) in [4.78, 5) is 0. The molecule has 1 heterocycles. The highest BCUT2D eigenvalue weighted by Gasteiger charge is 2.37. The van der Waals surface area contributed by atoms with Crippen LogP contribution in [0.5, 0.6) is 0 Å². The normalized spacial score (nSPS) is 21.6. The SMILES string of the molecule is CCC(c1ccccc1)C1(O)CCOCC1. The molecule has 0 amide bonds. The van der Waals surface area contributed by atoms with Crippen LogP contribution in [0.3, 0.4) is 0 Å². The standard InChI is InChI=1S/C14H20O2/c1-2-13(12-6-4-3-5-7-12)14(15)8-10-16-11-9-14/h3-7,13,15H,2,8-11H2,1H3. The lowest BCUT2D eigenvalue weighted by atomic mass is 9.76. The molecular weight excluding hydrogens is 200 g/mol. The fourth-order valence-electron chi connectivity index (χ4n) is 2.68. The predicted molar refractivity (Wildman–Crippen MR) is 64.5 cm³/mol. The number of hydrogen-bond acceptors (Lipinski definition) is 2. The van der Waals surface area contributed by atoms with E-state index in [0.29, 0.717) is 13.2 Å². The fraction of sp³-hybridized carbons (Fsp3) is 0.571. The number of rotatable bonds is 3. The first kappa shape index (κ1) is 11.6. The summed E-state index contributed by atoms with van der Waals surface area (Å²) in [6, 6.07) is 10.3. The first-order valence-electron chi connectivity index (χ1n) is 6.11. The van der Waals surface area contributed by atoms with E-state index in [1.54, 1.807) is 0 Å². The van der Waals surface area contributed by atoms with Gasteiger partial charge in [0.1, 0.15) is 0 Å². The second-order valence-corrected chi connectivity index (χ2v) is 4.59. The lowest BCUT2D eigenvalue weighted by molar-refractivity contribution is -0.0806. The predicted octanol–water partition coefficient (Wildman–Crippen LogP) is 2.72. The van der Waals surface area contributed by atoms with Gasteiger partial charge in [0, 0.05) is 32.0 Å². The minimum atomic E-state index is -0.575. The van der Waals surface area contributed by atoms with Crippen molar-refractivity contribution in [1.29, 1.82) is 0 Å². The van der Waals surface area contributed by atoms with Crippen LogP contribution in [0, 0.1) is 0 Å². The van der Waals surface area contributed by atoms with Crippen LogP contribution in [-0.4, -0.2) is 23.9 Å². The smallest absolute Gasteiger partial charge is 0.0759 e. The molecule has 2 rings (SSSR count). The van der Waals surface area contributed by atoms with Crippen molar-refractivity contribution in [3.63, 3.8) is 0 Å². The van der Waals surface area contributed by atoms with E-state index in [9.17, 15) is 5.11 Å². The molecule has 1 aromatic rings. The lowest BCUT2D eigenvalue weighted by Gasteiger charge is -2.39. The monoisotopic (exact) mass is 220 g/mol. The van der Waals surface area contributed by atoms with Crippen LogP contribution in [0.25, 0.3) is 0 Å². The Morgan fingerprint density at radius 3 is 2.44 bits per heavy atom. The molecule has 1 atom stereocenters. The maximum absolute atomic E-state index is 10.7. The molecule has 0 aliphatic carbocycles. The van der Waals surface area contributed by atoms with Crippen LogP contribution in [0.15, 0.2) is 30.3 Å². The molecular formula is C14H20O2. The molecule has 1 N–H and O–H groups in total. The molecule has 1 aromatic carbocycles. The van der Waals surface area contributed by atoms with E-state index in [1.165, 1.54) is 5.56 Å². The number of hydrogen-bond donors (Lipinski definition) is 1. The molecule has 0 radical (unpaired) electrons. The summed E-state index contributed by atoms with van der Waals surface area (Å²) in [6.07, 6.45) is 2.47. The van der Waals surface area contributed by atoms with Gasteiger partial charge in [0.15, 0.2) is 0 Å². The molecule has 0 spiro atoms. The molecule has 1 unspecified atom stereocenters. The van der Waals surface area contributed by atoms with Crippen molar-refractivity contribution in [3.05, 3.63) is 35.9 Å². The molecule has 16 heavy (non-hydrogen) atoms. The van der Waals surface area contributed by atoms with Gasteiger partial charge in [-0.15, -0.1) is 0 Å². The third kappa shape index (κ3) is 2.28. The first-order chi connectivity index (χ1) is 7.76. The molecule has 0 bridgehead atoms. The van der Waals surface area contributed by atoms with Crippen molar-refractivity contribution in [2.45, 2.75) is 37.7 Å². The van der Waals surface area contributed by atoms with Gasteiger partial charge in [-0.25, -0.2) is 0 Å². The Morgan fingerprint density at radius 2 is 1.88 bits per heavy atom. The average Bonchev–Trinajstić information content (AvgIpc) is 2.32. The van der Waals surface area contributed by atoms with Crippen molar-refractivity contribution in [1.82, 2.24) is 0 Å². The van der Waals surface area contributed by atoms with Crippen LogP contribution in [-0.2, 0) is 4.74 Å². The summed E-state index contributed by atoms with van der Waals surface area (Å²) < 4.78 is 5.34. The highest BCUT2D eigenvalue weighted by Crippen LogP contribution is 2.38. The van der Waals surface area contributed by atoms with Gasteiger partial charge in [-0.3, -0.25) is 0 Å². The quantitative estimate of drug-likeness (QED) is 0.848. The number of benzene rings is 1. The van der Waals surface area contributed by atoms with Crippen LogP contribution in [0.1, 0.15) is 37.7 Å². The molecule has 1 aliphatic rings. The third-order valence-corrected chi connectivity index (χ3v) is 3.62. The topological polar surface area (TPSA) is 29.5 Å². The molecule has 2 heteroatoms. The maximum atomic E-state index is 10.7. The average molecular weight is 220 g/mol. The van der Waals surface area contributed by atoms with Gasteiger partial charge in [0.2, 0.25) is 0 Å². The molecule has 1 aliphatic heterocycles. The number of aliphatic hydroxyl groups is 1. The largest absolute Gasteiger partial charge is 0.389 e. The summed E-state index contributed by atoms with van der Waals surface area (Å²) in [7, 11) is 0. The Morgan fingerprint density at radius 1 is 1.25 bits per heavy atom. The maximum Gasteiger partial charge on any atom is 0.0759 e. The van der Waals surface area contributed by atoms with Crippen molar-refractivity contribution >= 4 is 0 Å². The minimum absolute atomic E-state index is 0.234. The van der Waals surface area contributed by atoms with Gasteiger partial charge in [0.05, 0.1) is 5.60 Å². The van der Waals surface area contributed by atoms with E-state index in [4.69, 9.17) is 4.74 Å². The third-order valence-electron chi connectivity index (χ3n) is 3.62. The fourth-order valence-corrected chi connectivity index (χ4v) is 2.68. The van der Waals surface area contributed by atoms with Crippen molar-refractivity contribution < 1.29 is 9.84 Å². The van der Waals surface area contributed by atoms with Crippen LogP contribution < -0.4 is 0 Å². The van der Waals surface area contributed by atoms with Crippen LogP contribution >= 0.6 is 0 Å². The molecule has 1 saturated heterocycles. The zero-order valence-corrected chi connectivity index (χ0v) is 9.86. The highest BCUT2D eigenvalue weighted by molar-refractivity contribution is 5.23. The zero-order chi connectivity index (χ0) is 11.4. The lowest BCUT2D eigenvalue weighted by Crippen LogP contribution is -2.41. The second kappa shape index (κ2) is 4.98. The van der Waals surface area contributed by atoms with Crippen molar-refractivity contribution in [2.24, 2.45) is 0 Å². The Bertz CT molecular complexity index is 315. The van der Waals surface area contributed by atoms with Gasteiger partial charge in [0.25, 0.3) is 0 Å². The molecule has 2 nitrogen and oxygen atoms in total. The molecule has 0 aromatic heterocycles. The van der Waals surface area contributed by atoms with E-state index < -0.39 is 5.60 Å². The summed E-state index contributed by atoms with van der Waals surface area (Å²) in [5.41, 5.74) is 0.670. The minimum Gasteiger partial charge on any atom is -0.389 e.